The summed E-state index contributed by atoms with van der Waals surface area (Å²) in [4.78, 5) is 24.9. The van der Waals surface area contributed by atoms with Crippen LogP contribution in [0.3, 0.4) is 0 Å². The van der Waals surface area contributed by atoms with Crippen molar-refractivity contribution >= 4 is 12.2 Å². The number of hydrogen-bond donors (Lipinski definition) is 2. The highest BCUT2D eigenvalue weighted by Crippen LogP contribution is 2.47. The lowest BCUT2D eigenvalue weighted by Crippen LogP contribution is -2.29. The number of allylic oxidation sites excluding steroid dienone is 3. The van der Waals surface area contributed by atoms with Crippen LogP contribution >= 0.6 is 0 Å². The number of ether oxygens (including phenoxy) is 2. The number of unbranched alkanes of at least 4 members (excludes halogenated alkanes) is 2. The number of amides is 2. The molecule has 1 aliphatic carbocycles. The molecule has 2 N–H and O–H groups in total. The quantitative estimate of drug-likeness (QED) is 0.305. The van der Waals surface area contributed by atoms with E-state index in [1.54, 1.807) is 0 Å². The standard InChI is InChI=1S/C27H40N2O4/c1-7-10-11-12-20-16-23(32-26(30)28-8-2)25(24(17-20)33-27(31)29-9-3)22-15-19(6)13-14-21(22)18(4)5/h15-17,21-22H,4,7-14H2,1-3,5-6H3,(H,28,30)(H,29,31). The molecule has 1 aromatic carbocycles. The molecule has 2 atom stereocenters. The van der Waals surface area contributed by atoms with Crippen LogP contribution in [0.5, 0.6) is 11.5 Å². The van der Waals surface area contributed by atoms with Crippen molar-refractivity contribution < 1.29 is 19.1 Å². The fraction of sp³-hybridized carbons (Fsp3) is 0.556. The molecule has 6 heteroatoms. The molecule has 0 aromatic heterocycles. The number of hydrogen-bond acceptors (Lipinski definition) is 4. The maximum atomic E-state index is 12.4. The fourth-order valence-electron chi connectivity index (χ4n) is 4.34. The number of rotatable bonds is 10. The third-order valence-corrected chi connectivity index (χ3v) is 5.99. The van der Waals surface area contributed by atoms with Gasteiger partial charge < -0.3 is 20.1 Å². The van der Waals surface area contributed by atoms with Crippen LogP contribution in [0.2, 0.25) is 0 Å². The zero-order valence-corrected chi connectivity index (χ0v) is 20.9. The second-order valence-corrected chi connectivity index (χ2v) is 8.83. The van der Waals surface area contributed by atoms with E-state index in [9.17, 15) is 9.59 Å². The minimum absolute atomic E-state index is 0.102. The van der Waals surface area contributed by atoms with Crippen molar-refractivity contribution in [3.63, 3.8) is 0 Å². The molecular weight excluding hydrogens is 416 g/mol. The molecule has 1 aliphatic rings. The molecule has 6 nitrogen and oxygen atoms in total. The van der Waals surface area contributed by atoms with Gasteiger partial charge in [-0.2, -0.15) is 0 Å². The van der Waals surface area contributed by atoms with Gasteiger partial charge in [0.05, 0.1) is 0 Å². The van der Waals surface area contributed by atoms with E-state index in [1.807, 2.05) is 32.9 Å². The molecule has 2 unspecified atom stereocenters. The molecule has 0 bridgehead atoms. The predicted octanol–water partition coefficient (Wildman–Crippen LogP) is 6.65. The lowest BCUT2D eigenvalue weighted by Gasteiger charge is -2.32. The molecule has 2 rings (SSSR count). The molecule has 1 aromatic rings. The molecule has 0 spiro atoms. The third kappa shape index (κ3) is 7.65. The van der Waals surface area contributed by atoms with Gasteiger partial charge >= 0.3 is 12.2 Å². The Hall–Kier alpha value is -2.76. The zero-order valence-electron chi connectivity index (χ0n) is 20.9. The Bertz CT molecular complexity index is 834. The third-order valence-electron chi connectivity index (χ3n) is 5.99. The number of carbonyl (C=O) groups is 2. The smallest absolute Gasteiger partial charge is 0.410 e. The lowest BCUT2D eigenvalue weighted by molar-refractivity contribution is 0.197. The Morgan fingerprint density at radius 1 is 1.03 bits per heavy atom. The molecule has 0 heterocycles. The average molecular weight is 457 g/mol. The van der Waals surface area contributed by atoms with Gasteiger partial charge in [0.2, 0.25) is 0 Å². The summed E-state index contributed by atoms with van der Waals surface area (Å²) in [5, 5.41) is 5.41. The van der Waals surface area contributed by atoms with Crippen molar-refractivity contribution in [1.29, 1.82) is 0 Å². The van der Waals surface area contributed by atoms with Crippen molar-refractivity contribution in [2.75, 3.05) is 13.1 Å². The van der Waals surface area contributed by atoms with E-state index in [0.717, 1.165) is 55.2 Å². The topological polar surface area (TPSA) is 76.7 Å². The van der Waals surface area contributed by atoms with Crippen LogP contribution in [0, 0.1) is 5.92 Å². The molecule has 2 amide bonds. The van der Waals surface area contributed by atoms with Crippen molar-refractivity contribution in [1.82, 2.24) is 10.6 Å². The molecule has 0 saturated carbocycles. The Morgan fingerprint density at radius 2 is 1.61 bits per heavy atom. The van der Waals surface area contributed by atoms with E-state index in [0.29, 0.717) is 24.6 Å². The monoisotopic (exact) mass is 456 g/mol. The minimum atomic E-state index is -0.517. The summed E-state index contributed by atoms with van der Waals surface area (Å²) >= 11 is 0. The van der Waals surface area contributed by atoms with Gasteiger partial charge in [-0.05, 0) is 77.0 Å². The van der Waals surface area contributed by atoms with Crippen LogP contribution in [-0.2, 0) is 6.42 Å². The van der Waals surface area contributed by atoms with E-state index >= 15 is 0 Å². The first kappa shape index (κ1) is 26.5. The summed E-state index contributed by atoms with van der Waals surface area (Å²) < 4.78 is 11.6. The molecule has 0 radical (unpaired) electrons. The highest BCUT2D eigenvalue weighted by molar-refractivity contribution is 5.74. The van der Waals surface area contributed by atoms with Crippen LogP contribution in [0.15, 0.2) is 35.9 Å². The van der Waals surface area contributed by atoms with Crippen molar-refractivity contribution in [3.8, 4) is 11.5 Å². The van der Waals surface area contributed by atoms with Gasteiger partial charge in [0.15, 0.2) is 0 Å². The normalized spacial score (nSPS) is 17.7. The molecule has 0 aliphatic heterocycles. The van der Waals surface area contributed by atoms with Gasteiger partial charge in [-0.3, -0.25) is 0 Å². The fourth-order valence-corrected chi connectivity index (χ4v) is 4.34. The van der Waals surface area contributed by atoms with Crippen LogP contribution in [-0.4, -0.2) is 25.3 Å². The first-order valence-corrected chi connectivity index (χ1v) is 12.2. The Morgan fingerprint density at radius 3 is 2.09 bits per heavy atom. The number of benzene rings is 1. The maximum Gasteiger partial charge on any atom is 0.412 e. The summed E-state index contributed by atoms with van der Waals surface area (Å²) in [6.45, 7) is 15.1. The lowest BCUT2D eigenvalue weighted by atomic mass is 9.73. The SMILES string of the molecule is C=C(C)C1CCC(C)=CC1c1c(OC(=O)NCC)cc(CCCCC)cc1OC(=O)NCC. The van der Waals surface area contributed by atoms with E-state index < -0.39 is 12.2 Å². The first-order chi connectivity index (χ1) is 15.8. The van der Waals surface area contributed by atoms with Crippen LogP contribution in [0.1, 0.15) is 83.8 Å². The van der Waals surface area contributed by atoms with Crippen molar-refractivity contribution in [2.45, 2.75) is 79.1 Å². The van der Waals surface area contributed by atoms with Crippen LogP contribution in [0.25, 0.3) is 0 Å². The van der Waals surface area contributed by atoms with E-state index in [1.165, 1.54) is 5.57 Å². The largest absolute Gasteiger partial charge is 0.412 e. The Labute approximate surface area is 198 Å². The zero-order chi connectivity index (χ0) is 24.4. The summed E-state index contributed by atoms with van der Waals surface area (Å²) in [5.74, 6) is 0.940. The molecule has 33 heavy (non-hydrogen) atoms. The van der Waals surface area contributed by atoms with Crippen molar-refractivity contribution in [2.24, 2.45) is 5.92 Å². The first-order valence-electron chi connectivity index (χ1n) is 12.2. The minimum Gasteiger partial charge on any atom is -0.410 e. The summed E-state index contributed by atoms with van der Waals surface area (Å²) in [7, 11) is 0. The molecule has 0 saturated heterocycles. The van der Waals surface area contributed by atoms with Crippen LogP contribution in [0.4, 0.5) is 9.59 Å². The van der Waals surface area contributed by atoms with E-state index in [4.69, 9.17) is 9.47 Å². The van der Waals surface area contributed by atoms with E-state index in [-0.39, 0.29) is 11.8 Å². The van der Waals surface area contributed by atoms with Gasteiger partial charge in [0, 0.05) is 24.6 Å². The number of carbonyl (C=O) groups excluding carboxylic acids is 2. The molecule has 182 valence electrons. The highest BCUT2D eigenvalue weighted by Gasteiger charge is 2.32. The van der Waals surface area contributed by atoms with Gasteiger partial charge in [-0.25, -0.2) is 9.59 Å². The second kappa shape index (κ2) is 13.1. The maximum absolute atomic E-state index is 12.4. The molecular formula is C27H40N2O4. The van der Waals surface area contributed by atoms with Gasteiger partial charge in [0.1, 0.15) is 11.5 Å². The van der Waals surface area contributed by atoms with Gasteiger partial charge in [-0.15, -0.1) is 0 Å². The number of nitrogens with one attached hydrogen (secondary N) is 2. The Balaban J connectivity index is 2.66. The second-order valence-electron chi connectivity index (χ2n) is 8.83. The number of aryl methyl sites for hydroxylation is 1. The Kier molecular flexibility index (Phi) is 10.5. The summed E-state index contributed by atoms with van der Waals surface area (Å²) in [6.07, 6.45) is 7.13. The highest BCUT2D eigenvalue weighted by atomic mass is 16.6. The predicted molar refractivity (Wildman–Crippen MR) is 133 cm³/mol. The summed E-state index contributed by atoms with van der Waals surface area (Å²) in [5.41, 5.74) is 4.02. The van der Waals surface area contributed by atoms with Crippen LogP contribution < -0.4 is 20.1 Å². The van der Waals surface area contributed by atoms with E-state index in [2.05, 4.69) is 37.1 Å². The summed E-state index contributed by atoms with van der Waals surface area (Å²) in [6, 6.07) is 3.86. The van der Waals surface area contributed by atoms with Crippen molar-refractivity contribution in [3.05, 3.63) is 47.1 Å². The van der Waals surface area contributed by atoms with Gasteiger partial charge in [-0.1, -0.05) is 43.6 Å². The van der Waals surface area contributed by atoms with Gasteiger partial charge in [0.25, 0.3) is 0 Å². The average Bonchev–Trinajstić information content (AvgIpc) is 2.74. The molecule has 0 fully saturated rings.